The van der Waals surface area contributed by atoms with Crippen molar-refractivity contribution in [2.45, 2.75) is 12.8 Å². The Balaban J connectivity index is 1.62. The van der Waals surface area contributed by atoms with Gasteiger partial charge in [0.25, 0.3) is 0 Å². The molecule has 37 heavy (non-hydrogen) atoms. The molecule has 0 bridgehead atoms. The third kappa shape index (κ3) is 4.88. The first kappa shape index (κ1) is 25.1. The summed E-state index contributed by atoms with van der Waals surface area (Å²) in [4.78, 5) is 0. The number of halogens is 1. The van der Waals surface area contributed by atoms with Gasteiger partial charge in [0.05, 0.1) is 0 Å². The van der Waals surface area contributed by atoms with Crippen molar-refractivity contribution in [2.75, 3.05) is 7.11 Å². The number of hydrogen-bond acceptors (Lipinski definition) is 2. The fourth-order valence-electron chi connectivity index (χ4n) is 4.95. The molecule has 0 aliphatic carbocycles. The van der Waals surface area contributed by atoms with Crippen molar-refractivity contribution in [2.24, 2.45) is 0 Å². The molecule has 0 aliphatic rings. The molecular formula is C33H30ClO2P. The average molecular weight is 525 g/mol. The predicted octanol–water partition coefficient (Wildman–Crippen LogP) is 7.46. The molecule has 0 unspecified atom stereocenters. The Morgan fingerprint density at radius 3 is 1.46 bits per heavy atom. The molecule has 0 spiro atoms. The maximum atomic E-state index is 8.24. The van der Waals surface area contributed by atoms with Crippen LogP contribution in [0.5, 0.6) is 11.5 Å². The van der Waals surface area contributed by atoms with Crippen molar-refractivity contribution in [3.05, 3.63) is 151 Å². The van der Waals surface area contributed by atoms with Crippen LogP contribution in [0.2, 0.25) is 0 Å². The maximum absolute atomic E-state index is 8.24. The van der Waals surface area contributed by atoms with Gasteiger partial charge in [-0.05, 0) is 0 Å². The number of hydrogen-bond donors (Lipinski definition) is 0. The van der Waals surface area contributed by atoms with Gasteiger partial charge in [0.15, 0.2) is 0 Å². The summed E-state index contributed by atoms with van der Waals surface area (Å²) in [6, 6.07) is 47.9. The van der Waals surface area contributed by atoms with E-state index in [9.17, 15) is 0 Å². The standard InChI is InChI=1S/C33H30ClO2P/c1-35-33-24-28(22-23-32(33)36-25-27-14-6-2-7-15-27)26-37(34,29-16-8-3-9-17-29,30-18-10-4-11-19-30)31-20-12-5-13-21-31/h2-24H,25-26H2,1H3. The first-order valence-electron chi connectivity index (χ1n) is 12.3. The van der Waals surface area contributed by atoms with E-state index in [0.717, 1.165) is 27.0 Å². The summed E-state index contributed by atoms with van der Waals surface area (Å²) in [7, 11) is 1.68. The van der Waals surface area contributed by atoms with E-state index >= 15 is 0 Å². The summed E-state index contributed by atoms with van der Waals surface area (Å²) in [5, 5.41) is 3.41. The van der Waals surface area contributed by atoms with Crippen LogP contribution >= 0.6 is 17.2 Å². The molecule has 0 aromatic heterocycles. The van der Waals surface area contributed by atoms with Gasteiger partial charge in [-0.25, -0.2) is 0 Å². The van der Waals surface area contributed by atoms with E-state index in [1.54, 1.807) is 7.11 Å². The Morgan fingerprint density at radius 1 is 0.541 bits per heavy atom. The van der Waals surface area contributed by atoms with Crippen LogP contribution in [0.3, 0.4) is 0 Å². The van der Waals surface area contributed by atoms with Crippen molar-refractivity contribution in [3.63, 3.8) is 0 Å². The summed E-state index contributed by atoms with van der Waals surface area (Å²) in [6.07, 6.45) is 0.639. The zero-order chi connectivity index (χ0) is 25.6. The van der Waals surface area contributed by atoms with Gasteiger partial charge in [0, 0.05) is 0 Å². The zero-order valence-corrected chi connectivity index (χ0v) is 22.5. The molecule has 0 heterocycles. The number of benzene rings is 5. The fourth-order valence-corrected chi connectivity index (χ4v) is 11.1. The SMILES string of the molecule is COc1cc(CP(Cl)(c2ccccc2)(c2ccccc2)c2ccccc2)ccc1OCc1ccccc1. The Morgan fingerprint density at radius 2 is 1.00 bits per heavy atom. The quantitative estimate of drug-likeness (QED) is 0.186. The van der Waals surface area contributed by atoms with E-state index in [2.05, 4.69) is 97.1 Å². The Hall–Kier alpha value is -3.58. The van der Waals surface area contributed by atoms with Gasteiger partial charge in [-0.2, -0.15) is 0 Å². The average Bonchev–Trinajstić information content (AvgIpc) is 2.98. The zero-order valence-electron chi connectivity index (χ0n) is 20.8. The molecule has 0 saturated heterocycles. The predicted molar refractivity (Wildman–Crippen MR) is 158 cm³/mol. The second kappa shape index (κ2) is 10.8. The molecule has 0 aliphatic heterocycles. The van der Waals surface area contributed by atoms with Crippen molar-refractivity contribution in [1.82, 2.24) is 0 Å². The third-order valence-electron chi connectivity index (χ3n) is 6.83. The van der Waals surface area contributed by atoms with Gasteiger partial charge < -0.3 is 0 Å². The van der Waals surface area contributed by atoms with Gasteiger partial charge in [-0.3, -0.25) is 0 Å². The summed E-state index contributed by atoms with van der Waals surface area (Å²) < 4.78 is 11.9. The first-order chi connectivity index (χ1) is 18.1. The molecule has 186 valence electrons. The molecule has 2 nitrogen and oxygen atoms in total. The first-order valence-corrected chi connectivity index (χ1v) is 15.7. The normalized spacial score (nSPS) is 12.3. The molecule has 0 fully saturated rings. The van der Waals surface area contributed by atoms with Crippen LogP contribution in [0.25, 0.3) is 0 Å². The molecule has 0 saturated carbocycles. The van der Waals surface area contributed by atoms with Gasteiger partial charge in [-0.15, -0.1) is 0 Å². The summed E-state index contributed by atoms with van der Waals surface area (Å²) in [5.74, 6) is -2.02. The van der Waals surface area contributed by atoms with E-state index < -0.39 is 5.96 Å². The second-order valence-electron chi connectivity index (χ2n) is 9.11. The molecule has 5 rings (SSSR count). The third-order valence-corrected chi connectivity index (χ3v) is 14.0. The Bertz CT molecular complexity index is 1340. The summed E-state index contributed by atoms with van der Waals surface area (Å²) in [5.41, 5.74) is 2.20. The molecular weight excluding hydrogens is 495 g/mol. The Labute approximate surface area is 224 Å². The summed E-state index contributed by atoms with van der Waals surface area (Å²) in [6.45, 7) is 0.476. The van der Waals surface area contributed by atoms with Gasteiger partial charge in [-0.1, -0.05) is 0 Å². The Kier molecular flexibility index (Phi) is 7.33. The molecule has 5 aromatic rings. The van der Waals surface area contributed by atoms with Crippen molar-refractivity contribution >= 4 is 33.1 Å². The van der Waals surface area contributed by atoms with Crippen LogP contribution in [0.15, 0.2) is 140 Å². The monoisotopic (exact) mass is 524 g/mol. The van der Waals surface area contributed by atoms with Crippen LogP contribution in [-0.2, 0) is 12.8 Å². The van der Waals surface area contributed by atoms with E-state index in [1.165, 1.54) is 0 Å². The topological polar surface area (TPSA) is 18.5 Å². The number of rotatable bonds is 9. The molecule has 4 heteroatoms. The molecule has 0 N–H and O–H groups in total. The summed E-state index contributed by atoms with van der Waals surface area (Å²) >= 11 is 8.24. The number of methoxy groups -OCH3 is 1. The molecule has 0 amide bonds. The van der Waals surface area contributed by atoms with Gasteiger partial charge in [0.1, 0.15) is 0 Å². The van der Waals surface area contributed by atoms with Crippen LogP contribution in [0.4, 0.5) is 0 Å². The van der Waals surface area contributed by atoms with Crippen LogP contribution < -0.4 is 25.4 Å². The minimum atomic E-state index is -3.43. The van der Waals surface area contributed by atoms with E-state index in [0.29, 0.717) is 24.3 Å². The van der Waals surface area contributed by atoms with E-state index in [-0.39, 0.29) is 0 Å². The van der Waals surface area contributed by atoms with Gasteiger partial charge in [0.2, 0.25) is 0 Å². The molecule has 5 aromatic carbocycles. The van der Waals surface area contributed by atoms with Crippen molar-refractivity contribution in [3.8, 4) is 11.5 Å². The fraction of sp³-hybridized carbons (Fsp3) is 0.0909. The van der Waals surface area contributed by atoms with E-state index in [1.807, 2.05) is 42.5 Å². The number of ether oxygens (including phenoxy) is 2. The van der Waals surface area contributed by atoms with Crippen molar-refractivity contribution < 1.29 is 9.47 Å². The molecule has 0 atom stereocenters. The van der Waals surface area contributed by atoms with Crippen molar-refractivity contribution in [1.29, 1.82) is 0 Å². The van der Waals surface area contributed by atoms with E-state index in [4.69, 9.17) is 20.7 Å². The van der Waals surface area contributed by atoms with Gasteiger partial charge >= 0.3 is 225 Å². The minimum absolute atomic E-state index is 0.476. The molecule has 0 radical (unpaired) electrons. The van der Waals surface area contributed by atoms with Crippen LogP contribution in [0, 0.1) is 0 Å². The van der Waals surface area contributed by atoms with Crippen LogP contribution in [-0.4, -0.2) is 7.11 Å². The van der Waals surface area contributed by atoms with Crippen LogP contribution in [0.1, 0.15) is 11.1 Å². The second-order valence-corrected chi connectivity index (χ2v) is 15.6.